The molecular formula is C39H35NO4S. The molecule has 0 saturated carbocycles. The minimum absolute atomic E-state index is 0.115. The molecule has 0 amide bonds. The fourth-order valence-electron chi connectivity index (χ4n) is 5.35. The van der Waals surface area contributed by atoms with E-state index in [0.29, 0.717) is 41.2 Å². The van der Waals surface area contributed by atoms with Gasteiger partial charge in [-0.05, 0) is 84.1 Å². The van der Waals surface area contributed by atoms with Gasteiger partial charge in [-0.25, -0.2) is 0 Å². The van der Waals surface area contributed by atoms with Gasteiger partial charge in [0.1, 0.15) is 18.1 Å². The van der Waals surface area contributed by atoms with E-state index in [4.69, 9.17) is 9.47 Å². The van der Waals surface area contributed by atoms with Gasteiger partial charge in [-0.15, -0.1) is 0 Å². The summed E-state index contributed by atoms with van der Waals surface area (Å²) < 4.78 is 11.6. The summed E-state index contributed by atoms with van der Waals surface area (Å²) in [6.45, 7) is 9.62. The molecule has 5 nitrogen and oxygen atoms in total. The van der Waals surface area contributed by atoms with Crippen LogP contribution in [0.4, 0.5) is 11.4 Å². The number of rotatable bonds is 9. The molecule has 0 fully saturated rings. The van der Waals surface area contributed by atoms with E-state index in [1.807, 2.05) is 73.7 Å². The molecule has 0 aromatic heterocycles. The average molecular weight is 614 g/mol. The molecule has 0 heterocycles. The zero-order chi connectivity index (χ0) is 31.6. The summed E-state index contributed by atoms with van der Waals surface area (Å²) in [5.74, 6) is 1.21. The van der Waals surface area contributed by atoms with Gasteiger partial charge in [0.25, 0.3) is 0 Å². The van der Waals surface area contributed by atoms with Gasteiger partial charge >= 0.3 is 0 Å². The average Bonchev–Trinajstić information content (AvgIpc) is 3.04. The molecule has 6 rings (SSSR count). The summed E-state index contributed by atoms with van der Waals surface area (Å²) in [7, 11) is 0. The van der Waals surface area contributed by atoms with E-state index in [9.17, 15) is 9.59 Å². The standard InChI is InChI=1S/C39H35NO4S/c1-5-43-28-18-16-27(17-19-28)40-33-10-6-8-31-35(33)37(41)32-9-7-11-34(36(32)38(31)42)45-30-22-20-29(21-23-30)44-24-25-12-14-26(15-13-25)39(2,3)4/h6-23,40H,5,24H2,1-4H3. The lowest BCUT2D eigenvalue weighted by atomic mass is 9.83. The minimum Gasteiger partial charge on any atom is -0.494 e. The maximum Gasteiger partial charge on any atom is 0.196 e. The quantitative estimate of drug-likeness (QED) is 0.175. The van der Waals surface area contributed by atoms with Crippen molar-refractivity contribution in [3.63, 3.8) is 0 Å². The molecule has 1 aliphatic rings. The number of benzene rings is 5. The molecule has 0 bridgehead atoms. The van der Waals surface area contributed by atoms with Crippen LogP contribution in [-0.2, 0) is 12.0 Å². The highest BCUT2D eigenvalue weighted by Crippen LogP contribution is 2.40. The van der Waals surface area contributed by atoms with Crippen molar-refractivity contribution in [2.45, 2.75) is 49.5 Å². The molecule has 0 aliphatic heterocycles. The van der Waals surface area contributed by atoms with E-state index in [1.54, 1.807) is 18.2 Å². The predicted octanol–water partition coefficient (Wildman–Crippen LogP) is 9.63. The SMILES string of the molecule is CCOc1ccc(Nc2cccc3c2C(=O)c2cccc(Sc4ccc(OCc5ccc(C(C)(C)C)cc5)cc4)c2C3=O)cc1. The summed E-state index contributed by atoms with van der Waals surface area (Å²) in [6, 6.07) is 34.7. The summed E-state index contributed by atoms with van der Waals surface area (Å²) >= 11 is 1.47. The Morgan fingerprint density at radius 1 is 0.667 bits per heavy atom. The third kappa shape index (κ3) is 6.52. The Morgan fingerprint density at radius 2 is 1.27 bits per heavy atom. The first-order chi connectivity index (χ1) is 21.7. The highest BCUT2D eigenvalue weighted by molar-refractivity contribution is 7.99. The summed E-state index contributed by atoms with van der Waals surface area (Å²) in [6.07, 6.45) is 0. The van der Waals surface area contributed by atoms with Crippen LogP contribution in [0.3, 0.4) is 0 Å². The number of hydrogen-bond donors (Lipinski definition) is 1. The second kappa shape index (κ2) is 12.7. The molecule has 0 atom stereocenters. The monoisotopic (exact) mass is 613 g/mol. The zero-order valence-corrected chi connectivity index (χ0v) is 26.7. The van der Waals surface area contributed by atoms with E-state index in [2.05, 4.69) is 50.4 Å². The first-order valence-electron chi connectivity index (χ1n) is 15.1. The van der Waals surface area contributed by atoms with E-state index in [0.717, 1.165) is 32.5 Å². The van der Waals surface area contributed by atoms with E-state index in [-0.39, 0.29) is 17.0 Å². The molecule has 226 valence electrons. The van der Waals surface area contributed by atoms with Crippen LogP contribution in [0.5, 0.6) is 11.5 Å². The topological polar surface area (TPSA) is 64.6 Å². The van der Waals surface area contributed by atoms with E-state index >= 15 is 0 Å². The lowest BCUT2D eigenvalue weighted by Gasteiger charge is -2.22. The molecule has 0 radical (unpaired) electrons. The van der Waals surface area contributed by atoms with Crippen LogP contribution in [0.2, 0.25) is 0 Å². The smallest absolute Gasteiger partial charge is 0.196 e. The normalized spacial score (nSPS) is 12.4. The molecule has 6 heteroatoms. The van der Waals surface area contributed by atoms with Gasteiger partial charge in [0.15, 0.2) is 11.6 Å². The summed E-state index contributed by atoms with van der Waals surface area (Å²) in [4.78, 5) is 29.5. The van der Waals surface area contributed by atoms with Gasteiger partial charge in [0, 0.05) is 32.2 Å². The third-order valence-electron chi connectivity index (χ3n) is 7.76. The highest BCUT2D eigenvalue weighted by Gasteiger charge is 2.33. The molecule has 5 aromatic rings. The zero-order valence-electron chi connectivity index (χ0n) is 25.8. The first kappa shape index (κ1) is 30.2. The van der Waals surface area contributed by atoms with Crippen LogP contribution in [0.1, 0.15) is 70.7 Å². The first-order valence-corrected chi connectivity index (χ1v) is 15.9. The Hall–Kier alpha value is -4.81. The molecule has 1 N–H and O–H groups in total. The molecule has 45 heavy (non-hydrogen) atoms. The maximum atomic E-state index is 13.9. The number of carbonyl (C=O) groups excluding carboxylic acids is 2. The summed E-state index contributed by atoms with van der Waals surface area (Å²) in [5, 5.41) is 3.33. The Morgan fingerprint density at radius 3 is 1.93 bits per heavy atom. The third-order valence-corrected chi connectivity index (χ3v) is 8.82. The van der Waals surface area contributed by atoms with Crippen LogP contribution in [0, 0.1) is 0 Å². The Labute approximate surface area is 268 Å². The van der Waals surface area contributed by atoms with Gasteiger partial charge in [-0.2, -0.15) is 0 Å². The van der Waals surface area contributed by atoms with Crippen molar-refractivity contribution in [2.24, 2.45) is 0 Å². The fourth-order valence-corrected chi connectivity index (χ4v) is 6.33. The van der Waals surface area contributed by atoms with Crippen LogP contribution in [-0.4, -0.2) is 18.2 Å². The Kier molecular flexibility index (Phi) is 8.50. The van der Waals surface area contributed by atoms with Crippen LogP contribution in [0.15, 0.2) is 119 Å². The van der Waals surface area contributed by atoms with E-state index in [1.165, 1.54) is 17.3 Å². The predicted molar refractivity (Wildman–Crippen MR) is 181 cm³/mol. The van der Waals surface area contributed by atoms with Crippen molar-refractivity contribution < 1.29 is 19.1 Å². The molecular weight excluding hydrogens is 578 g/mol. The van der Waals surface area contributed by atoms with Crippen molar-refractivity contribution in [3.05, 3.63) is 143 Å². The van der Waals surface area contributed by atoms with Gasteiger partial charge in [0.05, 0.1) is 17.9 Å². The van der Waals surface area contributed by atoms with Crippen molar-refractivity contribution >= 4 is 34.7 Å². The lowest BCUT2D eigenvalue weighted by molar-refractivity contribution is 0.0977. The van der Waals surface area contributed by atoms with Crippen molar-refractivity contribution in [3.8, 4) is 11.5 Å². The van der Waals surface area contributed by atoms with Gasteiger partial charge in [-0.1, -0.05) is 81.1 Å². The molecule has 1 aliphatic carbocycles. The number of ether oxygens (including phenoxy) is 2. The lowest BCUT2D eigenvalue weighted by Crippen LogP contribution is -2.23. The van der Waals surface area contributed by atoms with Crippen LogP contribution >= 0.6 is 11.8 Å². The number of anilines is 2. The summed E-state index contributed by atoms with van der Waals surface area (Å²) in [5.41, 5.74) is 5.56. The number of carbonyl (C=O) groups is 2. The molecule has 0 spiro atoms. The van der Waals surface area contributed by atoms with Crippen molar-refractivity contribution in [1.82, 2.24) is 0 Å². The van der Waals surface area contributed by atoms with Crippen LogP contribution in [0.25, 0.3) is 0 Å². The number of hydrogen-bond acceptors (Lipinski definition) is 6. The van der Waals surface area contributed by atoms with Gasteiger partial charge in [-0.3, -0.25) is 9.59 Å². The minimum atomic E-state index is -0.171. The van der Waals surface area contributed by atoms with Crippen molar-refractivity contribution in [2.75, 3.05) is 11.9 Å². The largest absolute Gasteiger partial charge is 0.494 e. The van der Waals surface area contributed by atoms with Gasteiger partial charge in [0.2, 0.25) is 0 Å². The maximum absolute atomic E-state index is 13.9. The van der Waals surface area contributed by atoms with Crippen molar-refractivity contribution in [1.29, 1.82) is 0 Å². The van der Waals surface area contributed by atoms with Gasteiger partial charge < -0.3 is 14.8 Å². The second-order valence-corrected chi connectivity index (χ2v) is 13.1. The number of fused-ring (bicyclic) bond motifs is 2. The Balaban J connectivity index is 1.18. The Bertz CT molecular complexity index is 1850. The fraction of sp³-hybridized carbons (Fsp3) is 0.179. The molecule has 0 saturated heterocycles. The number of nitrogens with one attached hydrogen (secondary N) is 1. The van der Waals surface area contributed by atoms with E-state index < -0.39 is 0 Å². The van der Waals surface area contributed by atoms with Crippen LogP contribution < -0.4 is 14.8 Å². The second-order valence-electron chi connectivity index (χ2n) is 12.0. The highest BCUT2D eigenvalue weighted by atomic mass is 32.2. The molecule has 0 unspecified atom stereocenters. The number of ketones is 2. The molecule has 5 aromatic carbocycles.